The summed E-state index contributed by atoms with van der Waals surface area (Å²) >= 11 is 0. The molecule has 32 heavy (non-hydrogen) atoms. The van der Waals surface area contributed by atoms with Crippen molar-refractivity contribution < 1.29 is 47.3 Å². The van der Waals surface area contributed by atoms with Gasteiger partial charge in [0.25, 0.3) is 0 Å². The third kappa shape index (κ3) is 8.40. The summed E-state index contributed by atoms with van der Waals surface area (Å²) in [6.45, 7) is 1.51. The van der Waals surface area contributed by atoms with E-state index in [4.69, 9.17) is 0 Å². The Labute approximate surface area is 207 Å². The van der Waals surface area contributed by atoms with Gasteiger partial charge in [-0.1, -0.05) is 0 Å². The number of Topliss-reactive ketones (excluding diaryl/α,β-unsaturated/α-hetero) is 1. The van der Waals surface area contributed by atoms with Crippen molar-refractivity contribution in [3.05, 3.63) is 78.4 Å². The first-order chi connectivity index (χ1) is 14.8. The largest absolute Gasteiger partial charge is 1.00 e. The van der Waals surface area contributed by atoms with Gasteiger partial charge in [-0.2, -0.15) is 20.5 Å². The Morgan fingerprint density at radius 2 is 1.09 bits per heavy atom. The van der Waals surface area contributed by atoms with E-state index in [1.807, 2.05) is 0 Å². The van der Waals surface area contributed by atoms with Crippen molar-refractivity contribution in [2.45, 2.75) is 6.92 Å². The molecule has 0 bridgehead atoms. The number of azo groups is 2. The molecule has 0 aliphatic carbocycles. The molecule has 0 radical (unpaired) electrons. The van der Waals surface area contributed by atoms with Gasteiger partial charge in [0, 0.05) is 11.3 Å². The molecule has 0 unspecified atom stereocenters. The van der Waals surface area contributed by atoms with Gasteiger partial charge in [-0.3, -0.25) is 4.79 Å². The molecule has 158 valence electrons. The Morgan fingerprint density at radius 1 is 0.750 bits per heavy atom. The summed E-state index contributed by atoms with van der Waals surface area (Å²) in [5.41, 5.74) is 3.56. The Kier molecular flexibility index (Phi) is 9.36. The van der Waals surface area contributed by atoms with Crippen LogP contribution in [0.15, 0.2) is 93.3 Å². The predicted molar refractivity (Wildman–Crippen MR) is 116 cm³/mol. The molecular formula is C21H18N5NaO4S. The number of nitrogens with zero attached hydrogens (tertiary/aromatic N) is 4. The monoisotopic (exact) mass is 459 g/mol. The second-order valence-electron chi connectivity index (χ2n) is 6.45. The number of ketones is 1. The summed E-state index contributed by atoms with van der Waals surface area (Å²) in [4.78, 5) is 11.3. The van der Waals surface area contributed by atoms with E-state index in [9.17, 15) is 17.8 Å². The fourth-order valence-corrected chi connectivity index (χ4v) is 2.74. The van der Waals surface area contributed by atoms with E-state index < -0.39 is 16.0 Å². The van der Waals surface area contributed by atoms with E-state index >= 15 is 0 Å². The molecule has 0 spiro atoms. The van der Waals surface area contributed by atoms with Crippen LogP contribution in [-0.2, 0) is 10.1 Å². The second kappa shape index (κ2) is 11.7. The zero-order valence-corrected chi connectivity index (χ0v) is 20.3. The van der Waals surface area contributed by atoms with Crippen molar-refractivity contribution in [2.75, 3.05) is 11.2 Å². The van der Waals surface area contributed by atoms with Crippen LogP contribution in [0.25, 0.3) is 0 Å². The Bertz CT molecular complexity index is 1210. The molecule has 0 aliphatic rings. The average Bonchev–Trinajstić information content (AvgIpc) is 2.76. The molecule has 3 rings (SSSR count). The van der Waals surface area contributed by atoms with Gasteiger partial charge in [-0.25, -0.2) is 8.42 Å². The molecule has 0 saturated heterocycles. The summed E-state index contributed by atoms with van der Waals surface area (Å²) in [6, 6.07) is 20.3. The van der Waals surface area contributed by atoms with E-state index in [0.29, 0.717) is 34.0 Å². The molecule has 0 atom stereocenters. The van der Waals surface area contributed by atoms with Crippen molar-refractivity contribution >= 4 is 44.3 Å². The minimum Gasteiger partial charge on any atom is -0.747 e. The number of anilines is 1. The van der Waals surface area contributed by atoms with Crippen molar-refractivity contribution in [2.24, 2.45) is 20.5 Å². The Hall–Kier alpha value is -2.76. The third-order valence-corrected chi connectivity index (χ3v) is 4.50. The first kappa shape index (κ1) is 25.5. The summed E-state index contributed by atoms with van der Waals surface area (Å²) in [6.07, 6.45) is 0. The zero-order chi connectivity index (χ0) is 22.3. The second-order valence-corrected chi connectivity index (χ2v) is 7.85. The van der Waals surface area contributed by atoms with Crippen molar-refractivity contribution in [3.8, 4) is 0 Å². The summed E-state index contributed by atoms with van der Waals surface area (Å²) in [5, 5.41) is 19.0. The first-order valence-electron chi connectivity index (χ1n) is 9.10. The van der Waals surface area contributed by atoms with Crippen LogP contribution in [0.2, 0.25) is 0 Å². The smallest absolute Gasteiger partial charge is 0.747 e. The van der Waals surface area contributed by atoms with Crippen molar-refractivity contribution in [1.82, 2.24) is 0 Å². The quantitative estimate of drug-likeness (QED) is 0.239. The molecule has 0 heterocycles. The number of hydrogen-bond acceptors (Lipinski definition) is 9. The van der Waals surface area contributed by atoms with Gasteiger partial charge in [-0.15, -0.1) is 0 Å². The molecule has 9 nitrogen and oxygen atoms in total. The average molecular weight is 459 g/mol. The van der Waals surface area contributed by atoms with Gasteiger partial charge in [0.05, 0.1) is 22.7 Å². The van der Waals surface area contributed by atoms with Crippen molar-refractivity contribution in [1.29, 1.82) is 0 Å². The Morgan fingerprint density at radius 3 is 1.44 bits per heavy atom. The maximum Gasteiger partial charge on any atom is 1.00 e. The fraction of sp³-hybridized carbons (Fsp3) is 0.0952. The molecule has 0 amide bonds. The molecule has 0 saturated carbocycles. The van der Waals surface area contributed by atoms with Crippen LogP contribution in [-0.4, -0.2) is 24.6 Å². The molecular weight excluding hydrogens is 441 g/mol. The van der Waals surface area contributed by atoms with Crippen LogP contribution in [0.5, 0.6) is 0 Å². The van der Waals surface area contributed by atoms with Crippen LogP contribution < -0.4 is 34.9 Å². The summed E-state index contributed by atoms with van der Waals surface area (Å²) in [7, 11) is -4.34. The minimum absolute atomic E-state index is 0. The van der Waals surface area contributed by atoms with Gasteiger partial charge in [-0.05, 0) is 79.7 Å². The number of carbonyl (C=O) groups is 1. The van der Waals surface area contributed by atoms with E-state index in [1.54, 1.807) is 72.8 Å². The van der Waals surface area contributed by atoms with Crippen LogP contribution in [0.4, 0.5) is 28.4 Å². The van der Waals surface area contributed by atoms with Crippen LogP contribution in [0.1, 0.15) is 17.3 Å². The molecule has 11 heteroatoms. The topological polar surface area (TPSA) is 136 Å². The van der Waals surface area contributed by atoms with Crippen LogP contribution >= 0.6 is 0 Å². The van der Waals surface area contributed by atoms with Gasteiger partial charge in [0.1, 0.15) is 16.0 Å². The SMILES string of the molecule is CC(=O)c1ccc(N=Nc2ccc(N=Nc3ccc(NCS(=O)(=O)[O-])cc3)cc2)cc1.[Na+]. The Balaban J connectivity index is 0.00000363. The van der Waals surface area contributed by atoms with Crippen molar-refractivity contribution in [3.63, 3.8) is 0 Å². The maximum atomic E-state index is 11.3. The zero-order valence-electron chi connectivity index (χ0n) is 17.5. The van der Waals surface area contributed by atoms with Gasteiger partial charge in [0.15, 0.2) is 5.78 Å². The standard InChI is InChI=1S/C21H19N5O4S.Na/c1-15(27)16-2-4-18(5-3-16)23-25-20-10-12-21(13-11-20)26-24-19-8-6-17(7-9-19)22-14-31(28,29)30;/h2-13,22H,14H2,1H3,(H,28,29,30);/q;+1/p-1. The fourth-order valence-electron chi connectivity index (χ4n) is 2.40. The minimum atomic E-state index is -4.34. The number of nitrogens with one attached hydrogen (secondary N) is 1. The maximum absolute atomic E-state index is 11.3. The van der Waals surface area contributed by atoms with E-state index in [0.717, 1.165) is 0 Å². The molecule has 3 aromatic carbocycles. The summed E-state index contributed by atoms with van der Waals surface area (Å²) in [5.74, 6) is -0.683. The van der Waals surface area contributed by atoms with Gasteiger partial charge in [0.2, 0.25) is 0 Å². The number of benzene rings is 3. The predicted octanol–water partition coefficient (Wildman–Crippen LogP) is 2.64. The number of hydrogen-bond donors (Lipinski definition) is 1. The van der Waals surface area contributed by atoms with Crippen LogP contribution in [0.3, 0.4) is 0 Å². The first-order valence-corrected chi connectivity index (χ1v) is 10.7. The summed E-state index contributed by atoms with van der Waals surface area (Å²) < 4.78 is 31.9. The molecule has 0 aliphatic heterocycles. The number of carbonyl (C=O) groups excluding carboxylic acids is 1. The van der Waals surface area contributed by atoms with Gasteiger partial charge >= 0.3 is 29.6 Å². The number of rotatable bonds is 8. The molecule has 0 fully saturated rings. The molecule has 0 aromatic heterocycles. The van der Waals surface area contributed by atoms with E-state index in [-0.39, 0.29) is 35.3 Å². The third-order valence-electron chi connectivity index (χ3n) is 4.01. The van der Waals surface area contributed by atoms with E-state index in [1.165, 1.54) is 6.92 Å². The van der Waals surface area contributed by atoms with Gasteiger partial charge < -0.3 is 9.87 Å². The normalized spacial score (nSPS) is 11.4. The molecule has 1 N–H and O–H groups in total. The molecule has 3 aromatic rings. The van der Waals surface area contributed by atoms with E-state index in [2.05, 4.69) is 25.8 Å². The van der Waals surface area contributed by atoms with Crippen LogP contribution in [0, 0.1) is 0 Å².